The smallest absolute Gasteiger partial charge is 0.199 e. The van der Waals surface area contributed by atoms with Crippen LogP contribution < -0.4 is 0 Å². The standard InChI is InChI=1S/C23H27BrN2O2/c1-2-3-4-5-6-7-13-25-22(16-9-8-10-18(27)14-16)21-19-15-17(24)11-12-20(19)26-23(21)28/h8-12,14-15,26-28H,2-7,13H2,1H3. The van der Waals surface area contributed by atoms with Crippen molar-refractivity contribution < 1.29 is 10.2 Å². The zero-order valence-corrected chi connectivity index (χ0v) is 17.8. The van der Waals surface area contributed by atoms with Crippen molar-refractivity contribution in [1.82, 2.24) is 4.98 Å². The van der Waals surface area contributed by atoms with Gasteiger partial charge in [-0.3, -0.25) is 4.99 Å². The maximum atomic E-state index is 10.6. The molecule has 0 aliphatic heterocycles. The van der Waals surface area contributed by atoms with E-state index in [1.165, 1.54) is 25.7 Å². The quantitative estimate of drug-likeness (QED) is 0.260. The molecule has 0 radical (unpaired) electrons. The Morgan fingerprint density at radius 3 is 2.57 bits per heavy atom. The Morgan fingerprint density at radius 2 is 1.79 bits per heavy atom. The number of hydrogen-bond donors (Lipinski definition) is 3. The van der Waals surface area contributed by atoms with E-state index in [0.717, 1.165) is 33.8 Å². The highest BCUT2D eigenvalue weighted by Crippen LogP contribution is 2.32. The first-order valence-electron chi connectivity index (χ1n) is 9.94. The minimum absolute atomic E-state index is 0.0955. The Labute approximate surface area is 174 Å². The summed E-state index contributed by atoms with van der Waals surface area (Å²) in [6.07, 6.45) is 7.21. The molecule has 3 N–H and O–H groups in total. The van der Waals surface area contributed by atoms with E-state index in [1.807, 2.05) is 24.3 Å². The number of benzene rings is 2. The molecule has 0 saturated heterocycles. The number of unbranched alkanes of at least 4 members (excludes halogenated alkanes) is 5. The van der Waals surface area contributed by atoms with Gasteiger partial charge < -0.3 is 15.2 Å². The van der Waals surface area contributed by atoms with Crippen molar-refractivity contribution in [1.29, 1.82) is 0 Å². The number of nitrogens with one attached hydrogen (secondary N) is 1. The highest BCUT2D eigenvalue weighted by atomic mass is 79.9. The molecule has 0 fully saturated rings. The van der Waals surface area contributed by atoms with Crippen molar-refractivity contribution in [3.05, 3.63) is 58.1 Å². The van der Waals surface area contributed by atoms with Crippen LogP contribution in [0, 0.1) is 0 Å². The van der Waals surface area contributed by atoms with Crippen LogP contribution >= 0.6 is 15.9 Å². The average Bonchev–Trinajstić information content (AvgIpc) is 2.99. The van der Waals surface area contributed by atoms with Crippen LogP contribution in [-0.2, 0) is 0 Å². The predicted molar refractivity (Wildman–Crippen MR) is 120 cm³/mol. The van der Waals surface area contributed by atoms with Crippen molar-refractivity contribution in [3.8, 4) is 11.6 Å². The maximum Gasteiger partial charge on any atom is 0.199 e. The zero-order chi connectivity index (χ0) is 19.9. The van der Waals surface area contributed by atoms with Gasteiger partial charge in [0.2, 0.25) is 0 Å². The molecule has 0 saturated carbocycles. The van der Waals surface area contributed by atoms with Crippen LogP contribution in [0.25, 0.3) is 10.9 Å². The second kappa shape index (κ2) is 9.78. The highest BCUT2D eigenvalue weighted by Gasteiger charge is 2.18. The fourth-order valence-electron chi connectivity index (χ4n) is 3.44. The van der Waals surface area contributed by atoms with Crippen LogP contribution in [0.1, 0.15) is 56.6 Å². The minimum Gasteiger partial charge on any atom is -0.508 e. The average molecular weight is 443 g/mol. The Bertz CT molecular complexity index is 962. The number of phenols is 1. The molecule has 0 atom stereocenters. The van der Waals surface area contributed by atoms with Gasteiger partial charge in [0.25, 0.3) is 0 Å². The first kappa shape index (κ1) is 20.5. The summed E-state index contributed by atoms with van der Waals surface area (Å²) >= 11 is 3.51. The first-order valence-corrected chi connectivity index (χ1v) is 10.7. The molecule has 0 bridgehead atoms. The van der Waals surface area contributed by atoms with Gasteiger partial charge in [-0.2, -0.15) is 0 Å². The van der Waals surface area contributed by atoms with Crippen LogP contribution in [-0.4, -0.2) is 27.5 Å². The van der Waals surface area contributed by atoms with E-state index in [1.54, 1.807) is 18.2 Å². The van der Waals surface area contributed by atoms with Crippen molar-refractivity contribution in [2.75, 3.05) is 6.54 Å². The van der Waals surface area contributed by atoms with Gasteiger partial charge in [-0.25, -0.2) is 0 Å². The van der Waals surface area contributed by atoms with E-state index in [0.29, 0.717) is 17.8 Å². The molecular weight excluding hydrogens is 416 g/mol. The fourth-order valence-corrected chi connectivity index (χ4v) is 3.80. The largest absolute Gasteiger partial charge is 0.508 e. The Morgan fingerprint density at radius 1 is 1.00 bits per heavy atom. The lowest BCUT2D eigenvalue weighted by molar-refractivity contribution is 0.457. The summed E-state index contributed by atoms with van der Waals surface area (Å²) in [4.78, 5) is 7.88. The number of aromatic amines is 1. The second-order valence-electron chi connectivity index (χ2n) is 7.09. The number of aliphatic imine (C=N–C) groups is 1. The van der Waals surface area contributed by atoms with Gasteiger partial charge in [-0.15, -0.1) is 0 Å². The summed E-state index contributed by atoms with van der Waals surface area (Å²) in [6, 6.07) is 12.9. The topological polar surface area (TPSA) is 68.6 Å². The number of aromatic nitrogens is 1. The summed E-state index contributed by atoms with van der Waals surface area (Å²) in [5, 5.41) is 21.5. The zero-order valence-electron chi connectivity index (χ0n) is 16.2. The molecule has 0 spiro atoms. The van der Waals surface area contributed by atoms with E-state index >= 15 is 0 Å². The molecule has 3 aromatic rings. The number of H-pyrrole nitrogens is 1. The number of rotatable bonds is 9. The van der Waals surface area contributed by atoms with Crippen molar-refractivity contribution in [2.45, 2.75) is 45.4 Å². The molecule has 4 nitrogen and oxygen atoms in total. The molecule has 5 heteroatoms. The first-order chi connectivity index (χ1) is 13.6. The summed E-state index contributed by atoms with van der Waals surface area (Å²) < 4.78 is 0.937. The predicted octanol–water partition coefficient (Wildman–Crippen LogP) is 6.54. The molecule has 0 aliphatic rings. The van der Waals surface area contributed by atoms with Gasteiger partial charge in [0, 0.05) is 27.5 Å². The number of fused-ring (bicyclic) bond motifs is 1. The number of hydrogen-bond acceptors (Lipinski definition) is 3. The van der Waals surface area contributed by atoms with Crippen LogP contribution in [0.3, 0.4) is 0 Å². The van der Waals surface area contributed by atoms with Crippen molar-refractivity contribution in [3.63, 3.8) is 0 Å². The van der Waals surface area contributed by atoms with E-state index < -0.39 is 0 Å². The highest BCUT2D eigenvalue weighted by molar-refractivity contribution is 9.10. The molecule has 0 aliphatic carbocycles. The number of halogens is 1. The third-order valence-corrected chi connectivity index (χ3v) is 5.37. The van der Waals surface area contributed by atoms with Gasteiger partial charge >= 0.3 is 0 Å². The Balaban J connectivity index is 1.92. The SMILES string of the molecule is CCCCCCCCN=C(c1cccc(O)c1)c1c(O)[nH]c2ccc(Br)cc12. The number of aromatic hydroxyl groups is 2. The summed E-state index contributed by atoms with van der Waals surface area (Å²) in [5.74, 6) is 0.281. The molecule has 3 rings (SSSR count). The maximum absolute atomic E-state index is 10.6. The van der Waals surface area contributed by atoms with E-state index in [4.69, 9.17) is 4.99 Å². The third kappa shape index (κ3) is 4.96. The third-order valence-electron chi connectivity index (χ3n) is 4.88. The molecule has 0 unspecified atom stereocenters. The van der Waals surface area contributed by atoms with Gasteiger partial charge in [0.15, 0.2) is 5.88 Å². The lowest BCUT2D eigenvalue weighted by atomic mass is 10.0. The molecule has 148 valence electrons. The van der Waals surface area contributed by atoms with Gasteiger partial charge in [0.05, 0.1) is 11.3 Å². The van der Waals surface area contributed by atoms with Gasteiger partial charge in [-0.05, 0) is 36.8 Å². The summed E-state index contributed by atoms with van der Waals surface area (Å²) in [5.41, 5.74) is 3.02. The van der Waals surface area contributed by atoms with Gasteiger partial charge in [0.1, 0.15) is 5.75 Å². The van der Waals surface area contributed by atoms with Gasteiger partial charge in [-0.1, -0.05) is 67.1 Å². The Kier molecular flexibility index (Phi) is 7.15. The molecule has 2 aromatic carbocycles. The van der Waals surface area contributed by atoms with Crippen molar-refractivity contribution in [2.24, 2.45) is 4.99 Å². The summed E-state index contributed by atoms with van der Waals surface area (Å²) in [6.45, 7) is 2.91. The summed E-state index contributed by atoms with van der Waals surface area (Å²) in [7, 11) is 0. The molecule has 1 aromatic heterocycles. The van der Waals surface area contributed by atoms with E-state index in [-0.39, 0.29) is 11.6 Å². The normalized spacial score (nSPS) is 12.0. The van der Waals surface area contributed by atoms with Crippen LogP contribution in [0.15, 0.2) is 51.9 Å². The van der Waals surface area contributed by atoms with E-state index in [2.05, 4.69) is 27.8 Å². The fraction of sp³-hybridized carbons (Fsp3) is 0.348. The van der Waals surface area contributed by atoms with Crippen LogP contribution in [0.5, 0.6) is 11.6 Å². The van der Waals surface area contributed by atoms with Crippen molar-refractivity contribution >= 4 is 32.5 Å². The molecule has 0 amide bonds. The monoisotopic (exact) mass is 442 g/mol. The number of nitrogens with zero attached hydrogens (tertiary/aromatic N) is 1. The van der Waals surface area contributed by atoms with E-state index in [9.17, 15) is 10.2 Å². The minimum atomic E-state index is 0.0955. The molecular formula is C23H27BrN2O2. The molecule has 1 heterocycles. The lowest BCUT2D eigenvalue weighted by Crippen LogP contribution is -2.05. The number of phenolic OH excluding ortho intramolecular Hbond substituents is 1. The second-order valence-corrected chi connectivity index (χ2v) is 8.00. The lowest BCUT2D eigenvalue weighted by Gasteiger charge is -2.09. The Hall–Kier alpha value is -2.27. The molecule has 28 heavy (non-hydrogen) atoms. The van der Waals surface area contributed by atoms with Crippen LogP contribution in [0.4, 0.5) is 0 Å². The van der Waals surface area contributed by atoms with Crippen LogP contribution in [0.2, 0.25) is 0 Å².